The molecule has 0 radical (unpaired) electrons. The number of carbonyl (C=O) groups excluding carboxylic acids is 1. The number of carboxylic acid groups (broad SMARTS) is 1. The van der Waals surface area contributed by atoms with Crippen LogP contribution in [0.3, 0.4) is 0 Å². The van der Waals surface area contributed by atoms with Gasteiger partial charge in [0.25, 0.3) is 0 Å². The van der Waals surface area contributed by atoms with Gasteiger partial charge in [0.1, 0.15) is 11.6 Å². The Morgan fingerprint density at radius 2 is 2.12 bits per heavy atom. The Morgan fingerprint density at radius 3 is 2.62 bits per heavy atom. The topological polar surface area (TPSA) is 79.3 Å². The maximum Gasteiger partial charge on any atom is 0.312 e. The Labute approximate surface area is 101 Å². The van der Waals surface area contributed by atoms with Gasteiger partial charge in [0, 0.05) is 0 Å². The summed E-state index contributed by atoms with van der Waals surface area (Å²) in [5, 5.41) is 11.0. The quantitative estimate of drug-likeness (QED) is 0.646. The molecule has 0 saturated carbocycles. The smallest absolute Gasteiger partial charge is 0.312 e. The van der Waals surface area contributed by atoms with E-state index in [1.807, 2.05) is 0 Å². The Morgan fingerprint density at radius 1 is 1.50 bits per heavy atom. The molecule has 1 aromatic rings. The first-order valence-electron chi connectivity index (χ1n) is 4.24. The van der Waals surface area contributed by atoms with Gasteiger partial charge < -0.3 is 10.4 Å². The zero-order chi connectivity index (χ0) is 12.3. The van der Waals surface area contributed by atoms with Crippen LogP contribution in [-0.2, 0) is 9.59 Å². The first-order valence-corrected chi connectivity index (χ1v) is 5.00. The third-order valence-electron chi connectivity index (χ3n) is 1.72. The van der Waals surface area contributed by atoms with Crippen LogP contribution < -0.4 is 5.32 Å². The van der Waals surface area contributed by atoms with E-state index < -0.39 is 18.3 Å². The summed E-state index contributed by atoms with van der Waals surface area (Å²) < 4.78 is 0. The molecule has 0 saturated heterocycles. The first kappa shape index (κ1) is 12.7. The highest BCUT2D eigenvalue weighted by Gasteiger charge is 2.13. The molecule has 16 heavy (non-hydrogen) atoms. The van der Waals surface area contributed by atoms with Gasteiger partial charge in [-0.25, -0.2) is 4.98 Å². The minimum atomic E-state index is -1.21. The van der Waals surface area contributed by atoms with Crippen molar-refractivity contribution in [1.82, 2.24) is 4.98 Å². The summed E-state index contributed by atoms with van der Waals surface area (Å²) in [6.45, 7) is 1.68. The van der Waals surface area contributed by atoms with Crippen LogP contribution in [0, 0.1) is 6.92 Å². The largest absolute Gasteiger partial charge is 0.481 e. The molecule has 1 aromatic heterocycles. The molecule has 0 bridgehead atoms. The Balaban J connectivity index is 2.89. The highest BCUT2D eigenvalue weighted by molar-refractivity contribution is 6.34. The fraction of sp³-hybridized carbons (Fsp3) is 0.222. The van der Waals surface area contributed by atoms with E-state index in [9.17, 15) is 9.59 Å². The monoisotopic (exact) mass is 262 g/mol. The molecular weight excluding hydrogens is 255 g/mol. The number of hydrogen-bond donors (Lipinski definition) is 2. The number of halogens is 2. The number of aliphatic carboxylic acids is 1. The Bertz CT molecular complexity index is 425. The van der Waals surface area contributed by atoms with Gasteiger partial charge in [0.05, 0.1) is 5.69 Å². The van der Waals surface area contributed by atoms with Gasteiger partial charge in [-0.1, -0.05) is 23.2 Å². The fourth-order valence-corrected chi connectivity index (χ4v) is 1.65. The normalized spacial score (nSPS) is 9.94. The SMILES string of the molecule is Cc1cc(Cl)nc(Cl)c1NC(=O)CC(=O)O. The van der Waals surface area contributed by atoms with Crippen molar-refractivity contribution in [3.05, 3.63) is 21.9 Å². The molecule has 0 aliphatic heterocycles. The second-order valence-corrected chi connectivity index (χ2v) is 3.79. The maximum absolute atomic E-state index is 11.2. The van der Waals surface area contributed by atoms with Crippen molar-refractivity contribution in [2.24, 2.45) is 0 Å². The van der Waals surface area contributed by atoms with Crippen LogP contribution in [-0.4, -0.2) is 22.0 Å². The number of carboxylic acids is 1. The molecule has 2 N–H and O–H groups in total. The number of aromatic nitrogens is 1. The number of pyridine rings is 1. The lowest BCUT2D eigenvalue weighted by Gasteiger charge is -2.09. The van der Waals surface area contributed by atoms with E-state index in [0.717, 1.165) is 0 Å². The first-order chi connectivity index (χ1) is 7.40. The highest BCUT2D eigenvalue weighted by Crippen LogP contribution is 2.26. The number of amides is 1. The predicted octanol–water partition coefficient (Wildman–Crippen LogP) is 2.11. The highest BCUT2D eigenvalue weighted by atomic mass is 35.5. The van der Waals surface area contributed by atoms with E-state index in [2.05, 4.69) is 10.3 Å². The lowest BCUT2D eigenvalue weighted by molar-refractivity contribution is -0.139. The van der Waals surface area contributed by atoms with Crippen molar-refractivity contribution >= 4 is 40.8 Å². The molecule has 7 heteroatoms. The van der Waals surface area contributed by atoms with Crippen LogP contribution >= 0.6 is 23.2 Å². The van der Waals surface area contributed by atoms with Crippen LogP contribution in [0.4, 0.5) is 5.69 Å². The predicted molar refractivity (Wildman–Crippen MR) is 59.9 cm³/mol. The molecule has 0 aliphatic rings. The van der Waals surface area contributed by atoms with E-state index in [1.165, 1.54) is 6.07 Å². The Kier molecular flexibility index (Phi) is 4.09. The number of aryl methyl sites for hydroxylation is 1. The summed E-state index contributed by atoms with van der Waals surface area (Å²) >= 11 is 11.4. The summed E-state index contributed by atoms with van der Waals surface area (Å²) in [4.78, 5) is 25.2. The maximum atomic E-state index is 11.2. The van der Waals surface area contributed by atoms with Crippen molar-refractivity contribution in [3.63, 3.8) is 0 Å². The number of rotatable bonds is 3. The standard InChI is InChI=1S/C9H8Cl2N2O3/c1-4-2-5(10)12-9(11)8(4)13-6(14)3-7(15)16/h2H,3H2,1H3,(H,13,14)(H,15,16). The van der Waals surface area contributed by atoms with Crippen LogP contribution in [0.2, 0.25) is 10.3 Å². The van der Waals surface area contributed by atoms with E-state index in [4.69, 9.17) is 28.3 Å². The molecule has 1 rings (SSSR count). The molecular formula is C9H8Cl2N2O3. The molecule has 0 fully saturated rings. The molecule has 0 unspecified atom stereocenters. The molecule has 0 spiro atoms. The summed E-state index contributed by atoms with van der Waals surface area (Å²) in [5.74, 6) is -1.88. The number of carbonyl (C=O) groups is 2. The number of anilines is 1. The van der Waals surface area contributed by atoms with Gasteiger partial charge >= 0.3 is 5.97 Å². The average Bonchev–Trinajstić information content (AvgIpc) is 2.09. The molecule has 0 aliphatic carbocycles. The third kappa shape index (κ3) is 3.36. The van der Waals surface area contributed by atoms with Gasteiger partial charge in [-0.2, -0.15) is 0 Å². The molecule has 1 amide bonds. The lowest BCUT2D eigenvalue weighted by atomic mass is 10.2. The average molecular weight is 263 g/mol. The van der Waals surface area contributed by atoms with E-state index in [-0.39, 0.29) is 16.0 Å². The zero-order valence-corrected chi connectivity index (χ0v) is 9.76. The van der Waals surface area contributed by atoms with Crippen molar-refractivity contribution in [1.29, 1.82) is 0 Å². The number of nitrogens with one attached hydrogen (secondary N) is 1. The lowest BCUT2D eigenvalue weighted by Crippen LogP contribution is -2.17. The van der Waals surface area contributed by atoms with E-state index >= 15 is 0 Å². The second-order valence-electron chi connectivity index (χ2n) is 3.05. The van der Waals surface area contributed by atoms with Gasteiger partial charge in [-0.15, -0.1) is 0 Å². The van der Waals surface area contributed by atoms with Crippen molar-refractivity contribution in [2.75, 3.05) is 5.32 Å². The summed E-state index contributed by atoms with van der Waals surface area (Å²) in [6.07, 6.45) is -0.627. The van der Waals surface area contributed by atoms with E-state index in [1.54, 1.807) is 6.92 Å². The minimum absolute atomic E-state index is 0.0312. The molecule has 5 nitrogen and oxygen atoms in total. The molecule has 0 aromatic carbocycles. The second kappa shape index (κ2) is 5.14. The minimum Gasteiger partial charge on any atom is -0.481 e. The molecule has 0 atom stereocenters. The van der Waals surface area contributed by atoms with Crippen LogP contribution in [0.1, 0.15) is 12.0 Å². The van der Waals surface area contributed by atoms with Gasteiger partial charge in [0.2, 0.25) is 5.91 Å². The fourth-order valence-electron chi connectivity index (χ4n) is 1.07. The van der Waals surface area contributed by atoms with Gasteiger partial charge in [0.15, 0.2) is 5.15 Å². The third-order valence-corrected chi connectivity index (χ3v) is 2.18. The molecule has 86 valence electrons. The van der Waals surface area contributed by atoms with Crippen LogP contribution in [0.5, 0.6) is 0 Å². The Hall–Kier alpha value is -1.33. The van der Waals surface area contributed by atoms with Crippen LogP contribution in [0.15, 0.2) is 6.07 Å². The van der Waals surface area contributed by atoms with Crippen molar-refractivity contribution in [3.8, 4) is 0 Å². The summed E-state index contributed by atoms with van der Waals surface area (Å²) in [6, 6.07) is 1.52. The molecule has 1 heterocycles. The summed E-state index contributed by atoms with van der Waals surface area (Å²) in [5.41, 5.74) is 0.890. The van der Waals surface area contributed by atoms with Gasteiger partial charge in [-0.3, -0.25) is 9.59 Å². The van der Waals surface area contributed by atoms with Crippen molar-refractivity contribution in [2.45, 2.75) is 13.3 Å². The zero-order valence-electron chi connectivity index (χ0n) is 8.25. The summed E-state index contributed by atoms with van der Waals surface area (Å²) in [7, 11) is 0. The number of hydrogen-bond acceptors (Lipinski definition) is 3. The van der Waals surface area contributed by atoms with E-state index in [0.29, 0.717) is 5.56 Å². The van der Waals surface area contributed by atoms with Crippen molar-refractivity contribution < 1.29 is 14.7 Å². The number of nitrogens with zero attached hydrogens (tertiary/aromatic N) is 1. The van der Waals surface area contributed by atoms with Gasteiger partial charge in [-0.05, 0) is 18.6 Å². The van der Waals surface area contributed by atoms with Crippen LogP contribution in [0.25, 0.3) is 0 Å².